The summed E-state index contributed by atoms with van der Waals surface area (Å²) >= 11 is 6.10. The van der Waals surface area contributed by atoms with Crippen LogP contribution < -0.4 is 10.6 Å². The van der Waals surface area contributed by atoms with Crippen LogP contribution in [0.4, 0.5) is 11.5 Å². The van der Waals surface area contributed by atoms with Gasteiger partial charge in [-0.3, -0.25) is 4.98 Å². The van der Waals surface area contributed by atoms with Gasteiger partial charge in [0.1, 0.15) is 11.6 Å². The molecule has 0 bridgehead atoms. The van der Waals surface area contributed by atoms with E-state index in [9.17, 15) is 0 Å². The Hall–Kier alpha value is -2.50. The highest BCUT2D eigenvalue weighted by atomic mass is 35.5. The standard InChI is InChI=1S/C20H20ClN5/c21-16-4-1-5-17(11-16)24-19-12-18(14-6-9-22-10-7-14)25-20(26-19)15-3-2-8-23-13-15/h1,4-7,9-12,15,23H,2-3,8,13H2,(H,24,25,26). The van der Waals surface area contributed by atoms with Gasteiger partial charge < -0.3 is 10.6 Å². The molecule has 0 radical (unpaired) electrons. The van der Waals surface area contributed by atoms with Crippen LogP contribution in [0.25, 0.3) is 11.3 Å². The highest BCUT2D eigenvalue weighted by molar-refractivity contribution is 6.30. The van der Waals surface area contributed by atoms with Crippen LogP contribution >= 0.6 is 11.6 Å². The minimum atomic E-state index is 0.324. The van der Waals surface area contributed by atoms with Crippen LogP contribution in [0.1, 0.15) is 24.6 Å². The van der Waals surface area contributed by atoms with Gasteiger partial charge in [-0.2, -0.15) is 0 Å². The smallest absolute Gasteiger partial charge is 0.135 e. The van der Waals surface area contributed by atoms with Gasteiger partial charge in [0.05, 0.1) is 5.69 Å². The average Bonchev–Trinajstić information content (AvgIpc) is 2.69. The second-order valence-electron chi connectivity index (χ2n) is 6.41. The van der Waals surface area contributed by atoms with Crippen molar-refractivity contribution in [1.29, 1.82) is 0 Å². The first-order valence-corrected chi connectivity index (χ1v) is 9.18. The lowest BCUT2D eigenvalue weighted by Crippen LogP contribution is -2.29. The third-order valence-electron chi connectivity index (χ3n) is 4.48. The molecule has 26 heavy (non-hydrogen) atoms. The number of nitrogens with one attached hydrogen (secondary N) is 2. The highest BCUT2D eigenvalue weighted by Crippen LogP contribution is 2.27. The molecule has 1 saturated heterocycles. The summed E-state index contributed by atoms with van der Waals surface area (Å²) in [6.07, 6.45) is 5.81. The molecule has 0 saturated carbocycles. The van der Waals surface area contributed by atoms with Crippen LogP contribution in [-0.4, -0.2) is 28.0 Å². The number of benzene rings is 1. The molecular weight excluding hydrogens is 346 g/mol. The largest absolute Gasteiger partial charge is 0.340 e. The predicted molar refractivity (Wildman–Crippen MR) is 105 cm³/mol. The quantitative estimate of drug-likeness (QED) is 0.717. The predicted octanol–water partition coefficient (Wildman–Crippen LogP) is 4.40. The Morgan fingerprint density at radius 2 is 1.96 bits per heavy atom. The zero-order chi connectivity index (χ0) is 17.8. The second kappa shape index (κ2) is 7.81. The molecule has 5 nitrogen and oxygen atoms in total. The summed E-state index contributed by atoms with van der Waals surface area (Å²) in [5, 5.41) is 7.49. The molecule has 1 aliphatic rings. The van der Waals surface area contributed by atoms with E-state index in [1.54, 1.807) is 12.4 Å². The summed E-state index contributed by atoms with van der Waals surface area (Å²) < 4.78 is 0. The van der Waals surface area contributed by atoms with Crippen molar-refractivity contribution in [3.8, 4) is 11.3 Å². The van der Waals surface area contributed by atoms with Crippen molar-refractivity contribution in [3.05, 3.63) is 65.7 Å². The Balaban J connectivity index is 1.72. The Morgan fingerprint density at radius 1 is 1.08 bits per heavy atom. The molecule has 0 amide bonds. The fraction of sp³-hybridized carbons (Fsp3) is 0.250. The molecule has 4 rings (SSSR count). The maximum absolute atomic E-state index is 6.10. The Labute approximate surface area is 157 Å². The molecule has 1 atom stereocenters. The van der Waals surface area contributed by atoms with Crippen LogP contribution in [0.2, 0.25) is 5.02 Å². The molecule has 2 N–H and O–H groups in total. The molecule has 1 aromatic carbocycles. The number of hydrogen-bond acceptors (Lipinski definition) is 5. The lowest BCUT2D eigenvalue weighted by molar-refractivity contribution is 0.447. The van der Waals surface area contributed by atoms with E-state index in [0.717, 1.165) is 54.5 Å². The summed E-state index contributed by atoms with van der Waals surface area (Å²) in [6, 6.07) is 13.5. The minimum Gasteiger partial charge on any atom is -0.340 e. The van der Waals surface area contributed by atoms with Crippen molar-refractivity contribution in [2.75, 3.05) is 18.4 Å². The van der Waals surface area contributed by atoms with Crippen molar-refractivity contribution < 1.29 is 0 Å². The number of pyridine rings is 1. The van der Waals surface area contributed by atoms with Crippen LogP contribution in [-0.2, 0) is 0 Å². The fourth-order valence-electron chi connectivity index (χ4n) is 3.17. The normalized spacial score (nSPS) is 17.0. The molecule has 1 aliphatic heterocycles. The van der Waals surface area contributed by atoms with E-state index in [4.69, 9.17) is 21.6 Å². The van der Waals surface area contributed by atoms with Gasteiger partial charge in [0.25, 0.3) is 0 Å². The van der Waals surface area contributed by atoms with Gasteiger partial charge in [0, 0.05) is 47.2 Å². The highest BCUT2D eigenvalue weighted by Gasteiger charge is 2.19. The molecule has 3 aromatic rings. The van der Waals surface area contributed by atoms with E-state index in [-0.39, 0.29) is 0 Å². The van der Waals surface area contributed by atoms with E-state index >= 15 is 0 Å². The molecule has 1 unspecified atom stereocenters. The fourth-order valence-corrected chi connectivity index (χ4v) is 3.36. The van der Waals surface area contributed by atoms with Gasteiger partial charge in [-0.15, -0.1) is 0 Å². The Kier molecular flexibility index (Phi) is 5.09. The first-order valence-electron chi connectivity index (χ1n) is 8.80. The van der Waals surface area contributed by atoms with E-state index in [1.807, 2.05) is 42.5 Å². The van der Waals surface area contributed by atoms with Gasteiger partial charge in [0.2, 0.25) is 0 Å². The first-order chi connectivity index (χ1) is 12.8. The lowest BCUT2D eigenvalue weighted by atomic mass is 9.98. The van der Waals surface area contributed by atoms with Crippen LogP contribution in [0.15, 0.2) is 54.9 Å². The Bertz CT molecular complexity index is 878. The zero-order valence-corrected chi connectivity index (χ0v) is 15.1. The van der Waals surface area contributed by atoms with E-state index in [1.165, 1.54) is 0 Å². The number of anilines is 2. The van der Waals surface area contributed by atoms with Crippen LogP contribution in [0, 0.1) is 0 Å². The van der Waals surface area contributed by atoms with Gasteiger partial charge in [0.15, 0.2) is 0 Å². The first kappa shape index (κ1) is 16.9. The molecule has 0 aliphatic carbocycles. The number of nitrogens with zero attached hydrogens (tertiary/aromatic N) is 3. The van der Waals surface area contributed by atoms with Crippen LogP contribution in [0.3, 0.4) is 0 Å². The van der Waals surface area contributed by atoms with Crippen molar-refractivity contribution in [2.24, 2.45) is 0 Å². The van der Waals surface area contributed by atoms with Gasteiger partial charge in [-0.1, -0.05) is 17.7 Å². The summed E-state index contributed by atoms with van der Waals surface area (Å²) in [4.78, 5) is 13.7. The SMILES string of the molecule is Clc1cccc(Nc2cc(-c3ccncc3)nc(C3CCCNC3)n2)c1. The second-order valence-corrected chi connectivity index (χ2v) is 6.85. The van der Waals surface area contributed by atoms with E-state index < -0.39 is 0 Å². The van der Waals surface area contributed by atoms with Gasteiger partial charge in [-0.25, -0.2) is 9.97 Å². The topological polar surface area (TPSA) is 62.7 Å². The molecule has 0 spiro atoms. The number of rotatable bonds is 4. The number of aromatic nitrogens is 3. The van der Waals surface area contributed by atoms with Crippen molar-refractivity contribution >= 4 is 23.1 Å². The minimum absolute atomic E-state index is 0.324. The zero-order valence-electron chi connectivity index (χ0n) is 14.3. The van der Waals surface area contributed by atoms with Gasteiger partial charge in [-0.05, 0) is 49.7 Å². The Morgan fingerprint density at radius 3 is 2.73 bits per heavy atom. The number of hydrogen-bond donors (Lipinski definition) is 2. The maximum atomic E-state index is 6.10. The average molecular weight is 366 g/mol. The van der Waals surface area contributed by atoms with E-state index in [2.05, 4.69) is 15.6 Å². The van der Waals surface area contributed by atoms with E-state index in [0.29, 0.717) is 10.9 Å². The molecule has 1 fully saturated rings. The third-order valence-corrected chi connectivity index (χ3v) is 4.71. The maximum Gasteiger partial charge on any atom is 0.135 e. The van der Waals surface area contributed by atoms with Crippen molar-refractivity contribution in [3.63, 3.8) is 0 Å². The molecule has 132 valence electrons. The number of halogens is 1. The molecule has 6 heteroatoms. The van der Waals surface area contributed by atoms with Gasteiger partial charge >= 0.3 is 0 Å². The number of piperidine rings is 1. The third kappa shape index (κ3) is 4.00. The van der Waals surface area contributed by atoms with Crippen LogP contribution in [0.5, 0.6) is 0 Å². The summed E-state index contributed by atoms with van der Waals surface area (Å²) in [5.74, 6) is 1.97. The lowest BCUT2D eigenvalue weighted by Gasteiger charge is -2.22. The molecule has 3 heterocycles. The molecule has 2 aromatic heterocycles. The summed E-state index contributed by atoms with van der Waals surface area (Å²) in [6.45, 7) is 1.98. The van der Waals surface area contributed by atoms with Crippen molar-refractivity contribution in [2.45, 2.75) is 18.8 Å². The summed E-state index contributed by atoms with van der Waals surface area (Å²) in [5.41, 5.74) is 2.83. The monoisotopic (exact) mass is 365 g/mol. The van der Waals surface area contributed by atoms with Crippen molar-refractivity contribution in [1.82, 2.24) is 20.3 Å². The summed E-state index contributed by atoms with van der Waals surface area (Å²) in [7, 11) is 0. The molecular formula is C20H20ClN5.